The molecule has 0 saturated carbocycles. The second-order valence-corrected chi connectivity index (χ2v) is 10.4. The average Bonchev–Trinajstić information content (AvgIpc) is 3.41. The van der Waals surface area contributed by atoms with Gasteiger partial charge in [-0.15, -0.1) is 11.3 Å². The lowest BCUT2D eigenvalue weighted by atomic mass is 10.1. The predicted octanol–water partition coefficient (Wildman–Crippen LogP) is 4.85. The summed E-state index contributed by atoms with van der Waals surface area (Å²) >= 11 is 1.55. The van der Waals surface area contributed by atoms with Crippen LogP contribution in [-0.2, 0) is 34.3 Å². The summed E-state index contributed by atoms with van der Waals surface area (Å²) in [6, 6.07) is 14.7. The van der Waals surface area contributed by atoms with Crippen LogP contribution in [0.5, 0.6) is 0 Å². The van der Waals surface area contributed by atoms with Gasteiger partial charge in [-0.05, 0) is 60.2 Å². The molecular formula is C25H29NO7S2. The van der Waals surface area contributed by atoms with Crippen LogP contribution in [0, 0.1) is 0 Å². The molecule has 0 saturated heterocycles. The number of nitrogens with zero attached hydrogens (tertiary/aromatic N) is 1. The number of hydrogen-bond donors (Lipinski definition) is 3. The Hall–Kier alpha value is -3.21. The normalized spacial score (nSPS) is 11.6. The maximum absolute atomic E-state index is 11.9. The smallest absolute Gasteiger partial charge is 0.335 e. The second kappa shape index (κ2) is 13.0. The number of carboxylic acids is 2. The molecule has 3 aromatic rings. The van der Waals surface area contributed by atoms with Gasteiger partial charge in [0.05, 0.1) is 11.8 Å². The first-order chi connectivity index (χ1) is 16.5. The number of aromatic nitrogens is 1. The molecule has 3 N–H and O–H groups in total. The van der Waals surface area contributed by atoms with Crippen LogP contribution in [0.25, 0.3) is 6.08 Å². The third kappa shape index (κ3) is 9.89. The van der Waals surface area contributed by atoms with E-state index in [9.17, 15) is 23.1 Å². The van der Waals surface area contributed by atoms with Crippen molar-refractivity contribution in [2.45, 2.75) is 39.2 Å². The topological polar surface area (TPSA) is 134 Å². The highest BCUT2D eigenvalue weighted by Gasteiger charge is 2.13. The SMILES string of the molecule is CCCCc1ccc(/C=C(\Cc2cccs2)C(=O)O)n1Cc1ccc(C(=O)O)cc1.CS(=O)(=O)O. The fourth-order valence-electron chi connectivity index (χ4n) is 3.33. The summed E-state index contributed by atoms with van der Waals surface area (Å²) in [5, 5.41) is 20.8. The van der Waals surface area contributed by atoms with Crippen LogP contribution < -0.4 is 0 Å². The van der Waals surface area contributed by atoms with E-state index in [1.165, 1.54) is 0 Å². The van der Waals surface area contributed by atoms with Crippen LogP contribution in [0.2, 0.25) is 0 Å². The summed E-state index contributed by atoms with van der Waals surface area (Å²) in [6.45, 7) is 2.70. The number of aryl methyl sites for hydroxylation is 1. The second-order valence-electron chi connectivity index (χ2n) is 7.91. The molecule has 188 valence electrons. The van der Waals surface area contributed by atoms with Crippen LogP contribution in [-0.4, -0.2) is 45.9 Å². The van der Waals surface area contributed by atoms with E-state index in [2.05, 4.69) is 17.6 Å². The molecular weight excluding hydrogens is 490 g/mol. The molecule has 0 aliphatic heterocycles. The van der Waals surface area contributed by atoms with E-state index in [0.717, 1.165) is 41.1 Å². The molecule has 0 bridgehead atoms. The van der Waals surface area contributed by atoms with Crippen molar-refractivity contribution in [3.8, 4) is 0 Å². The Morgan fingerprint density at radius 2 is 1.71 bits per heavy atom. The largest absolute Gasteiger partial charge is 0.478 e. The van der Waals surface area contributed by atoms with Gasteiger partial charge in [0.1, 0.15) is 0 Å². The molecule has 0 aliphatic carbocycles. The Labute approximate surface area is 208 Å². The molecule has 35 heavy (non-hydrogen) atoms. The van der Waals surface area contributed by atoms with Gasteiger partial charge in [0, 0.05) is 34.8 Å². The van der Waals surface area contributed by atoms with E-state index < -0.39 is 22.1 Å². The number of benzene rings is 1. The minimum atomic E-state index is -3.67. The first-order valence-electron chi connectivity index (χ1n) is 10.9. The predicted molar refractivity (Wildman–Crippen MR) is 137 cm³/mol. The van der Waals surface area contributed by atoms with Gasteiger partial charge in [0.2, 0.25) is 0 Å². The molecule has 1 aromatic carbocycles. The zero-order chi connectivity index (χ0) is 26.0. The van der Waals surface area contributed by atoms with E-state index in [4.69, 9.17) is 9.66 Å². The molecule has 8 nitrogen and oxygen atoms in total. The van der Waals surface area contributed by atoms with Crippen molar-refractivity contribution < 1.29 is 32.8 Å². The van der Waals surface area contributed by atoms with Crippen molar-refractivity contribution in [3.05, 3.63) is 86.9 Å². The van der Waals surface area contributed by atoms with Gasteiger partial charge in [-0.25, -0.2) is 9.59 Å². The molecule has 0 amide bonds. The number of carboxylic acid groups (broad SMARTS) is 2. The first-order valence-corrected chi connectivity index (χ1v) is 13.6. The van der Waals surface area contributed by atoms with E-state index in [0.29, 0.717) is 24.8 Å². The molecule has 3 rings (SSSR count). The first kappa shape index (κ1) is 28.0. The van der Waals surface area contributed by atoms with E-state index in [1.807, 2.05) is 35.7 Å². The van der Waals surface area contributed by atoms with Crippen molar-refractivity contribution in [2.75, 3.05) is 6.26 Å². The molecule has 0 aliphatic rings. The quantitative estimate of drug-likeness (QED) is 0.257. The maximum atomic E-state index is 11.9. The van der Waals surface area contributed by atoms with Crippen LogP contribution in [0.15, 0.2) is 59.5 Å². The molecule has 0 radical (unpaired) electrons. The highest BCUT2D eigenvalue weighted by atomic mass is 32.2. The number of carbonyl (C=O) groups is 2. The fourth-order valence-corrected chi connectivity index (χ4v) is 4.05. The summed E-state index contributed by atoms with van der Waals surface area (Å²) in [7, 11) is -3.67. The molecule has 2 heterocycles. The molecule has 10 heteroatoms. The summed E-state index contributed by atoms with van der Waals surface area (Å²) < 4.78 is 28.0. The Morgan fingerprint density at radius 3 is 2.23 bits per heavy atom. The zero-order valence-corrected chi connectivity index (χ0v) is 21.2. The number of hydrogen-bond acceptors (Lipinski definition) is 5. The van der Waals surface area contributed by atoms with Gasteiger partial charge in [-0.2, -0.15) is 8.42 Å². The minimum Gasteiger partial charge on any atom is -0.478 e. The minimum absolute atomic E-state index is 0.252. The van der Waals surface area contributed by atoms with Crippen molar-refractivity contribution in [2.24, 2.45) is 0 Å². The Balaban J connectivity index is 0.000000784. The van der Waals surface area contributed by atoms with Crippen molar-refractivity contribution in [3.63, 3.8) is 0 Å². The van der Waals surface area contributed by atoms with Gasteiger partial charge < -0.3 is 14.8 Å². The lowest BCUT2D eigenvalue weighted by Crippen LogP contribution is -2.09. The van der Waals surface area contributed by atoms with Crippen molar-refractivity contribution in [1.29, 1.82) is 0 Å². The van der Waals surface area contributed by atoms with Crippen molar-refractivity contribution >= 4 is 39.5 Å². The third-order valence-corrected chi connectivity index (χ3v) is 5.85. The summed E-state index contributed by atoms with van der Waals surface area (Å²) in [5.74, 6) is -1.87. The Kier molecular flexibility index (Phi) is 10.4. The number of rotatable bonds is 10. The van der Waals surface area contributed by atoms with E-state index in [-0.39, 0.29) is 5.56 Å². The number of aliphatic carboxylic acids is 1. The molecule has 0 unspecified atom stereocenters. The maximum Gasteiger partial charge on any atom is 0.335 e. The van der Waals surface area contributed by atoms with E-state index in [1.54, 1.807) is 29.5 Å². The van der Waals surface area contributed by atoms with Crippen LogP contribution in [0.1, 0.15) is 52.0 Å². The average molecular weight is 520 g/mol. The van der Waals surface area contributed by atoms with Crippen LogP contribution in [0.4, 0.5) is 0 Å². The van der Waals surface area contributed by atoms with Gasteiger partial charge in [0.25, 0.3) is 10.1 Å². The van der Waals surface area contributed by atoms with E-state index >= 15 is 0 Å². The lowest BCUT2D eigenvalue weighted by Gasteiger charge is -2.13. The molecule has 0 atom stereocenters. The molecule has 0 spiro atoms. The standard InChI is InChI=1S/C24H25NO4S.CH4O3S/c1-2-3-5-20-11-12-21(14-19(24(28)29)15-22-6-4-13-30-22)25(20)16-17-7-9-18(10-8-17)23(26)27;1-5(2,3)4/h4,6-14H,2-3,5,15-16H2,1H3,(H,26,27)(H,28,29);1H3,(H,2,3,4)/b19-14+;. The zero-order valence-electron chi connectivity index (χ0n) is 19.5. The monoisotopic (exact) mass is 519 g/mol. The summed E-state index contributed by atoms with van der Waals surface area (Å²) in [4.78, 5) is 24.0. The lowest BCUT2D eigenvalue weighted by molar-refractivity contribution is -0.132. The van der Waals surface area contributed by atoms with Gasteiger partial charge >= 0.3 is 11.9 Å². The van der Waals surface area contributed by atoms with Crippen LogP contribution >= 0.6 is 11.3 Å². The summed E-state index contributed by atoms with van der Waals surface area (Å²) in [6.07, 6.45) is 5.88. The van der Waals surface area contributed by atoms with Gasteiger partial charge in [0.15, 0.2) is 0 Å². The van der Waals surface area contributed by atoms with Gasteiger partial charge in [-0.1, -0.05) is 31.5 Å². The molecule has 0 fully saturated rings. The molecule has 2 aromatic heterocycles. The Morgan fingerprint density at radius 1 is 1.06 bits per heavy atom. The highest BCUT2D eigenvalue weighted by Crippen LogP contribution is 2.21. The Bertz CT molecular complexity index is 1250. The van der Waals surface area contributed by atoms with Crippen molar-refractivity contribution in [1.82, 2.24) is 4.57 Å². The number of thiophene rings is 1. The van der Waals surface area contributed by atoms with Gasteiger partial charge in [-0.3, -0.25) is 4.55 Å². The highest BCUT2D eigenvalue weighted by molar-refractivity contribution is 7.85. The fraction of sp³-hybridized carbons (Fsp3) is 0.280. The summed E-state index contributed by atoms with van der Waals surface area (Å²) in [5.41, 5.74) is 3.56. The van der Waals surface area contributed by atoms with Crippen LogP contribution in [0.3, 0.4) is 0 Å². The third-order valence-electron chi connectivity index (χ3n) is 4.97. The number of unbranched alkanes of at least 4 members (excludes halogenated alkanes) is 1. The number of aromatic carboxylic acids is 1.